The fourth-order valence-electron chi connectivity index (χ4n) is 3.89. The zero-order chi connectivity index (χ0) is 17.0. The average molecular weight is 327 g/mol. The van der Waals surface area contributed by atoms with E-state index in [1.54, 1.807) is 0 Å². The third kappa shape index (κ3) is 3.37. The first-order valence-corrected chi connectivity index (χ1v) is 8.86. The van der Waals surface area contributed by atoms with Crippen molar-refractivity contribution in [1.82, 2.24) is 4.90 Å². The summed E-state index contributed by atoms with van der Waals surface area (Å²) in [6.45, 7) is 1.04. The van der Waals surface area contributed by atoms with Crippen molar-refractivity contribution in [3.05, 3.63) is 47.5 Å². The van der Waals surface area contributed by atoms with Crippen molar-refractivity contribution in [1.29, 1.82) is 0 Å². The van der Waals surface area contributed by atoms with E-state index in [9.17, 15) is 14.7 Å². The molecule has 1 aromatic carbocycles. The molecule has 4 nitrogen and oxygen atoms in total. The standard InChI is InChI=1S/C20H25NO3/c22-18(15-16-7-3-1-4-8-16)21-13-11-20(12-14-21,19(23)24)17-9-5-2-6-10-17/h2,5-7,9-10H,1,3-4,8,11-15H2,(H,23,24). The lowest BCUT2D eigenvalue weighted by atomic mass is 9.72. The predicted molar refractivity (Wildman–Crippen MR) is 92.7 cm³/mol. The van der Waals surface area contributed by atoms with E-state index in [4.69, 9.17) is 0 Å². The number of nitrogens with zero attached hydrogens (tertiary/aromatic N) is 1. The van der Waals surface area contributed by atoms with Crippen LogP contribution in [0.25, 0.3) is 0 Å². The van der Waals surface area contributed by atoms with Crippen molar-refractivity contribution in [3.8, 4) is 0 Å². The topological polar surface area (TPSA) is 57.6 Å². The summed E-state index contributed by atoms with van der Waals surface area (Å²) in [4.78, 5) is 26.3. The molecule has 24 heavy (non-hydrogen) atoms. The van der Waals surface area contributed by atoms with E-state index >= 15 is 0 Å². The smallest absolute Gasteiger partial charge is 0.314 e. The fourth-order valence-corrected chi connectivity index (χ4v) is 3.89. The molecule has 1 aliphatic carbocycles. The van der Waals surface area contributed by atoms with Gasteiger partial charge in [0.15, 0.2) is 0 Å². The molecule has 0 radical (unpaired) electrons. The molecule has 2 aliphatic rings. The van der Waals surface area contributed by atoms with Gasteiger partial charge in [0, 0.05) is 19.5 Å². The molecular weight excluding hydrogens is 302 g/mol. The van der Waals surface area contributed by atoms with Gasteiger partial charge in [-0.3, -0.25) is 9.59 Å². The molecule has 1 amide bonds. The van der Waals surface area contributed by atoms with Crippen LogP contribution in [0.3, 0.4) is 0 Å². The summed E-state index contributed by atoms with van der Waals surface area (Å²) in [6.07, 6.45) is 8.19. The highest BCUT2D eigenvalue weighted by atomic mass is 16.4. The van der Waals surface area contributed by atoms with Crippen LogP contribution in [0.5, 0.6) is 0 Å². The van der Waals surface area contributed by atoms with Gasteiger partial charge in [-0.25, -0.2) is 0 Å². The number of rotatable bonds is 4. The molecule has 1 fully saturated rings. The molecule has 1 aromatic rings. The van der Waals surface area contributed by atoms with Gasteiger partial charge in [0.25, 0.3) is 0 Å². The van der Waals surface area contributed by atoms with E-state index in [2.05, 4.69) is 6.08 Å². The molecule has 0 atom stereocenters. The monoisotopic (exact) mass is 327 g/mol. The number of carboxylic acids is 1. The van der Waals surface area contributed by atoms with E-state index in [1.165, 1.54) is 18.4 Å². The maximum atomic E-state index is 12.5. The molecule has 1 N–H and O–H groups in total. The Labute approximate surface area is 143 Å². The minimum atomic E-state index is -0.859. The van der Waals surface area contributed by atoms with E-state index in [1.807, 2.05) is 35.2 Å². The van der Waals surface area contributed by atoms with Gasteiger partial charge in [0.05, 0.1) is 5.41 Å². The molecule has 1 aliphatic heterocycles. The van der Waals surface area contributed by atoms with Gasteiger partial charge in [-0.05, 0) is 44.1 Å². The van der Waals surface area contributed by atoms with Crippen molar-refractivity contribution >= 4 is 11.9 Å². The largest absolute Gasteiger partial charge is 0.481 e. The Morgan fingerprint density at radius 3 is 2.38 bits per heavy atom. The van der Waals surface area contributed by atoms with Crippen LogP contribution in [0.2, 0.25) is 0 Å². The van der Waals surface area contributed by atoms with Gasteiger partial charge >= 0.3 is 5.97 Å². The second-order valence-electron chi connectivity index (χ2n) is 6.92. The number of aliphatic carboxylic acids is 1. The molecule has 3 rings (SSSR count). The van der Waals surface area contributed by atoms with Crippen LogP contribution in [-0.4, -0.2) is 35.0 Å². The lowest BCUT2D eigenvalue weighted by Gasteiger charge is -2.39. The first-order chi connectivity index (χ1) is 11.6. The second kappa shape index (κ2) is 7.20. The Hall–Kier alpha value is -2.10. The van der Waals surface area contributed by atoms with E-state index in [0.29, 0.717) is 32.4 Å². The zero-order valence-electron chi connectivity index (χ0n) is 14.0. The summed E-state index contributed by atoms with van der Waals surface area (Å²) in [5.41, 5.74) is 1.24. The van der Waals surface area contributed by atoms with E-state index in [0.717, 1.165) is 18.4 Å². The Morgan fingerprint density at radius 1 is 1.08 bits per heavy atom. The molecule has 0 aromatic heterocycles. The molecule has 0 bridgehead atoms. The number of carbonyl (C=O) groups is 2. The highest BCUT2D eigenvalue weighted by molar-refractivity contribution is 5.83. The maximum absolute atomic E-state index is 12.5. The molecule has 4 heteroatoms. The fraction of sp³-hybridized carbons (Fsp3) is 0.500. The van der Waals surface area contributed by atoms with Crippen LogP contribution in [0, 0.1) is 0 Å². The van der Waals surface area contributed by atoms with Crippen LogP contribution in [-0.2, 0) is 15.0 Å². The zero-order valence-corrected chi connectivity index (χ0v) is 14.0. The summed E-state index contributed by atoms with van der Waals surface area (Å²) in [7, 11) is 0. The Balaban J connectivity index is 1.66. The Morgan fingerprint density at radius 2 is 1.79 bits per heavy atom. The first-order valence-electron chi connectivity index (χ1n) is 8.86. The quantitative estimate of drug-likeness (QED) is 0.861. The minimum Gasteiger partial charge on any atom is -0.481 e. The van der Waals surface area contributed by atoms with E-state index < -0.39 is 11.4 Å². The van der Waals surface area contributed by atoms with Gasteiger partial charge in [0.2, 0.25) is 5.91 Å². The maximum Gasteiger partial charge on any atom is 0.314 e. The summed E-state index contributed by atoms with van der Waals surface area (Å²) in [5.74, 6) is -0.633. The lowest BCUT2D eigenvalue weighted by molar-refractivity contribution is -0.148. The summed E-state index contributed by atoms with van der Waals surface area (Å²) in [5, 5.41) is 9.82. The van der Waals surface area contributed by atoms with Crippen molar-refractivity contribution in [2.75, 3.05) is 13.1 Å². The van der Waals surface area contributed by atoms with Crippen molar-refractivity contribution in [2.24, 2.45) is 0 Å². The number of carbonyl (C=O) groups excluding carboxylic acids is 1. The van der Waals surface area contributed by atoms with Crippen LogP contribution >= 0.6 is 0 Å². The van der Waals surface area contributed by atoms with Crippen molar-refractivity contribution < 1.29 is 14.7 Å². The number of likely N-dealkylation sites (tertiary alicyclic amines) is 1. The molecule has 0 saturated carbocycles. The van der Waals surface area contributed by atoms with E-state index in [-0.39, 0.29) is 5.91 Å². The Kier molecular flexibility index (Phi) is 5.03. The second-order valence-corrected chi connectivity index (χ2v) is 6.92. The van der Waals surface area contributed by atoms with Crippen LogP contribution in [0.15, 0.2) is 42.0 Å². The third-order valence-corrected chi connectivity index (χ3v) is 5.47. The predicted octanol–water partition coefficient (Wildman–Crippen LogP) is 3.52. The SMILES string of the molecule is O=C(CC1=CCCCC1)N1CCC(C(=O)O)(c2ccccc2)CC1. The molecule has 1 heterocycles. The van der Waals surface area contributed by atoms with Gasteiger partial charge in [-0.15, -0.1) is 0 Å². The van der Waals surface area contributed by atoms with Gasteiger partial charge in [-0.1, -0.05) is 42.0 Å². The van der Waals surface area contributed by atoms with Crippen LogP contribution in [0.4, 0.5) is 0 Å². The molecular formula is C20H25NO3. The molecule has 0 spiro atoms. The van der Waals surface area contributed by atoms with Gasteiger partial charge < -0.3 is 10.0 Å². The van der Waals surface area contributed by atoms with Crippen molar-refractivity contribution in [3.63, 3.8) is 0 Å². The number of amides is 1. The summed E-state index contributed by atoms with van der Waals surface area (Å²) >= 11 is 0. The Bertz CT molecular complexity index is 628. The number of piperidine rings is 1. The van der Waals surface area contributed by atoms with Gasteiger partial charge in [-0.2, -0.15) is 0 Å². The number of hydrogen-bond donors (Lipinski definition) is 1. The first kappa shape index (κ1) is 16.7. The highest BCUT2D eigenvalue weighted by Crippen LogP contribution is 2.36. The molecule has 1 saturated heterocycles. The average Bonchev–Trinajstić information content (AvgIpc) is 2.63. The molecule has 128 valence electrons. The number of benzene rings is 1. The van der Waals surface area contributed by atoms with Crippen LogP contribution in [0.1, 0.15) is 50.5 Å². The minimum absolute atomic E-state index is 0.148. The van der Waals surface area contributed by atoms with Crippen molar-refractivity contribution in [2.45, 2.75) is 50.4 Å². The summed E-state index contributed by atoms with van der Waals surface area (Å²) in [6, 6.07) is 9.44. The third-order valence-electron chi connectivity index (χ3n) is 5.47. The number of hydrogen-bond acceptors (Lipinski definition) is 2. The van der Waals surface area contributed by atoms with Crippen LogP contribution < -0.4 is 0 Å². The lowest BCUT2D eigenvalue weighted by Crippen LogP contribution is -2.49. The highest BCUT2D eigenvalue weighted by Gasteiger charge is 2.43. The normalized spacial score (nSPS) is 20.3. The summed E-state index contributed by atoms with van der Waals surface area (Å²) < 4.78 is 0. The molecule has 0 unspecified atom stereocenters. The number of carboxylic acid groups (broad SMARTS) is 1. The van der Waals surface area contributed by atoms with Gasteiger partial charge in [0.1, 0.15) is 0 Å². The number of allylic oxidation sites excluding steroid dienone is 1.